The van der Waals surface area contributed by atoms with E-state index in [-0.39, 0.29) is 0 Å². The monoisotopic (exact) mass is 632 g/mol. The summed E-state index contributed by atoms with van der Waals surface area (Å²) in [4.78, 5) is 11.0. The quantitative estimate of drug-likeness (QED) is 0.181. The molecule has 1 aliphatic rings. The van der Waals surface area contributed by atoms with Crippen molar-refractivity contribution in [3.8, 4) is 56.2 Å². The molecule has 0 aliphatic heterocycles. The number of hydrogen-bond donors (Lipinski definition) is 0. The summed E-state index contributed by atoms with van der Waals surface area (Å²) in [5.41, 5.74) is 10.0. The maximum Gasteiger partial charge on any atom is 0.161 e. The van der Waals surface area contributed by atoms with Gasteiger partial charge in [-0.2, -0.15) is 0 Å². The minimum atomic E-state index is 0.747. The lowest BCUT2D eigenvalue weighted by atomic mass is 9.87. The Morgan fingerprint density at radius 2 is 0.840 bits per heavy atom. The van der Waals surface area contributed by atoms with Crippen LogP contribution in [0.2, 0.25) is 0 Å². The van der Waals surface area contributed by atoms with Crippen LogP contribution in [0.5, 0.6) is 0 Å². The molecule has 0 radical (unpaired) electrons. The number of hydrogen-bond acceptors (Lipinski definition) is 2. The highest BCUT2D eigenvalue weighted by Crippen LogP contribution is 2.51. The summed E-state index contributed by atoms with van der Waals surface area (Å²) in [7, 11) is 0. The fourth-order valence-corrected chi connectivity index (χ4v) is 8.35. The highest BCUT2D eigenvalue weighted by atomic mass is 14.9. The van der Waals surface area contributed by atoms with Gasteiger partial charge in [-0.15, -0.1) is 0 Å². The summed E-state index contributed by atoms with van der Waals surface area (Å²) in [6.45, 7) is 0. The fourth-order valence-electron chi connectivity index (χ4n) is 8.35. The van der Waals surface area contributed by atoms with Gasteiger partial charge in [0.05, 0.1) is 11.4 Å². The Bertz CT molecular complexity index is 2970. The predicted octanol–water partition coefficient (Wildman–Crippen LogP) is 12.9. The lowest BCUT2D eigenvalue weighted by Gasteiger charge is -2.19. The molecule has 0 N–H and O–H groups in total. The molecule has 0 saturated carbocycles. The van der Waals surface area contributed by atoms with Crippen molar-refractivity contribution >= 4 is 53.9 Å². The second-order valence-corrected chi connectivity index (χ2v) is 13.3. The molecule has 1 aromatic heterocycles. The Balaban J connectivity index is 1.23. The van der Waals surface area contributed by atoms with E-state index in [4.69, 9.17) is 9.97 Å². The van der Waals surface area contributed by atoms with E-state index in [1.807, 2.05) is 0 Å². The average Bonchev–Trinajstić information content (AvgIpc) is 3.50. The molecule has 9 aromatic carbocycles. The zero-order chi connectivity index (χ0) is 32.8. The molecule has 0 saturated heterocycles. The van der Waals surface area contributed by atoms with Gasteiger partial charge in [0.2, 0.25) is 0 Å². The third-order valence-corrected chi connectivity index (χ3v) is 10.5. The van der Waals surface area contributed by atoms with Gasteiger partial charge < -0.3 is 0 Å². The second-order valence-electron chi connectivity index (χ2n) is 13.3. The Hall–Kier alpha value is -6.64. The Kier molecular flexibility index (Phi) is 5.70. The SMILES string of the molecule is c1ccc(-c2nc(-c3c4ccccc4c(-c4ccc5cc6ccccc6cc5c4)c4ccccc34)nc3c2-c2cccc4cccc-3c24)cc1. The van der Waals surface area contributed by atoms with Crippen LogP contribution >= 0.6 is 0 Å². The van der Waals surface area contributed by atoms with Gasteiger partial charge in [-0.25, -0.2) is 9.97 Å². The van der Waals surface area contributed by atoms with Crippen LogP contribution in [0.4, 0.5) is 0 Å². The summed E-state index contributed by atoms with van der Waals surface area (Å²) < 4.78 is 0. The van der Waals surface area contributed by atoms with Gasteiger partial charge in [-0.3, -0.25) is 0 Å². The van der Waals surface area contributed by atoms with Crippen molar-refractivity contribution in [1.29, 1.82) is 0 Å². The molecule has 10 aromatic rings. The molecular weight excluding hydrogens is 605 g/mol. The van der Waals surface area contributed by atoms with E-state index in [0.717, 1.165) is 44.7 Å². The summed E-state index contributed by atoms with van der Waals surface area (Å²) in [6, 6.07) is 61.4. The second kappa shape index (κ2) is 10.4. The molecule has 1 heterocycles. The van der Waals surface area contributed by atoms with Gasteiger partial charge in [0, 0.05) is 22.3 Å². The molecule has 0 atom stereocenters. The van der Waals surface area contributed by atoms with Gasteiger partial charge in [0.25, 0.3) is 0 Å². The fraction of sp³-hybridized carbons (Fsp3) is 0. The molecule has 2 heteroatoms. The molecule has 11 rings (SSSR count). The molecule has 0 amide bonds. The van der Waals surface area contributed by atoms with Gasteiger partial charge in [0.1, 0.15) is 0 Å². The van der Waals surface area contributed by atoms with Crippen molar-refractivity contribution in [2.24, 2.45) is 0 Å². The number of rotatable bonds is 3. The molecule has 0 bridgehead atoms. The third kappa shape index (κ3) is 3.90. The maximum atomic E-state index is 5.52. The van der Waals surface area contributed by atoms with Gasteiger partial charge in [0.15, 0.2) is 5.82 Å². The van der Waals surface area contributed by atoms with E-state index in [9.17, 15) is 0 Å². The van der Waals surface area contributed by atoms with E-state index in [1.54, 1.807) is 0 Å². The molecule has 1 aliphatic carbocycles. The van der Waals surface area contributed by atoms with Crippen LogP contribution in [0.25, 0.3) is 110 Å². The van der Waals surface area contributed by atoms with E-state index < -0.39 is 0 Å². The van der Waals surface area contributed by atoms with Crippen LogP contribution in [0, 0.1) is 0 Å². The average molecular weight is 633 g/mol. The molecule has 0 unspecified atom stereocenters. The van der Waals surface area contributed by atoms with Crippen molar-refractivity contribution < 1.29 is 0 Å². The van der Waals surface area contributed by atoms with Gasteiger partial charge >= 0.3 is 0 Å². The normalized spacial score (nSPS) is 12.0. The lowest BCUT2D eigenvalue weighted by Crippen LogP contribution is -1.99. The molecule has 0 spiro atoms. The van der Waals surface area contributed by atoms with Crippen molar-refractivity contribution in [2.75, 3.05) is 0 Å². The molecule has 2 nitrogen and oxygen atoms in total. The summed E-state index contributed by atoms with van der Waals surface area (Å²) in [5, 5.41) is 12.1. The van der Waals surface area contributed by atoms with Crippen LogP contribution in [-0.4, -0.2) is 9.97 Å². The standard InChI is InChI=1S/C48H28N2/c1-2-12-30(13-3-1)46-45-40-22-10-16-29-17-11-23-41(42(29)40)47(45)50-48(49-46)44-38-20-8-6-18-36(38)43(37-19-7-9-21-39(37)44)34-25-24-33-26-31-14-4-5-15-32(31)27-35(33)28-34/h1-28H. The van der Waals surface area contributed by atoms with E-state index in [2.05, 4.69) is 170 Å². The lowest BCUT2D eigenvalue weighted by molar-refractivity contribution is 1.20. The van der Waals surface area contributed by atoms with Crippen LogP contribution in [0.1, 0.15) is 0 Å². The first-order chi connectivity index (χ1) is 24.8. The van der Waals surface area contributed by atoms with E-state index >= 15 is 0 Å². The predicted molar refractivity (Wildman–Crippen MR) is 210 cm³/mol. The Labute approximate surface area is 289 Å². The maximum absolute atomic E-state index is 5.52. The van der Waals surface area contributed by atoms with Gasteiger partial charge in [-0.1, -0.05) is 152 Å². The van der Waals surface area contributed by atoms with Crippen molar-refractivity contribution in [3.05, 3.63) is 170 Å². The number of aromatic nitrogens is 2. The van der Waals surface area contributed by atoms with Crippen LogP contribution < -0.4 is 0 Å². The first-order valence-electron chi connectivity index (χ1n) is 17.2. The van der Waals surface area contributed by atoms with Crippen LogP contribution in [0.3, 0.4) is 0 Å². The zero-order valence-corrected chi connectivity index (χ0v) is 27.1. The van der Waals surface area contributed by atoms with E-state index in [0.29, 0.717) is 0 Å². The number of nitrogens with zero attached hydrogens (tertiary/aromatic N) is 2. The first-order valence-corrected chi connectivity index (χ1v) is 17.2. The highest BCUT2D eigenvalue weighted by molar-refractivity contribution is 6.22. The van der Waals surface area contributed by atoms with Crippen LogP contribution in [0.15, 0.2) is 170 Å². The van der Waals surface area contributed by atoms with Crippen molar-refractivity contribution in [3.63, 3.8) is 0 Å². The molecule has 0 fully saturated rings. The number of fused-ring (bicyclic) bond motifs is 7. The largest absolute Gasteiger partial charge is 0.227 e. The Morgan fingerprint density at radius 1 is 0.300 bits per heavy atom. The summed E-state index contributed by atoms with van der Waals surface area (Å²) >= 11 is 0. The summed E-state index contributed by atoms with van der Waals surface area (Å²) in [5.74, 6) is 0.747. The molecule has 50 heavy (non-hydrogen) atoms. The van der Waals surface area contributed by atoms with E-state index in [1.165, 1.54) is 65.3 Å². The first kappa shape index (κ1) is 27.3. The highest BCUT2D eigenvalue weighted by Gasteiger charge is 2.29. The zero-order valence-electron chi connectivity index (χ0n) is 27.1. The summed E-state index contributed by atoms with van der Waals surface area (Å²) in [6.07, 6.45) is 0. The minimum absolute atomic E-state index is 0.747. The third-order valence-electron chi connectivity index (χ3n) is 10.5. The smallest absolute Gasteiger partial charge is 0.161 e. The molecule has 230 valence electrons. The minimum Gasteiger partial charge on any atom is -0.227 e. The topological polar surface area (TPSA) is 25.8 Å². The van der Waals surface area contributed by atoms with Crippen molar-refractivity contribution in [1.82, 2.24) is 9.97 Å². The molecular formula is C48H28N2. The Morgan fingerprint density at radius 3 is 1.54 bits per heavy atom. The van der Waals surface area contributed by atoms with Gasteiger partial charge in [-0.05, 0) is 88.8 Å². The van der Waals surface area contributed by atoms with Crippen molar-refractivity contribution in [2.45, 2.75) is 0 Å². The number of benzene rings is 9. The van der Waals surface area contributed by atoms with Crippen LogP contribution in [-0.2, 0) is 0 Å².